The molecule has 2 atom stereocenters. The molecule has 162 valence electrons. The average Bonchev–Trinajstić information content (AvgIpc) is 2.72. The van der Waals surface area contributed by atoms with Crippen LogP contribution in [0.15, 0.2) is 24.3 Å². The molecule has 5 nitrogen and oxygen atoms in total. The number of carbonyl (C=O) groups excluding carboxylic acids is 1. The van der Waals surface area contributed by atoms with Crippen molar-refractivity contribution >= 4 is 5.97 Å². The van der Waals surface area contributed by atoms with Crippen molar-refractivity contribution in [1.29, 1.82) is 0 Å². The third-order valence-corrected chi connectivity index (χ3v) is 5.90. The van der Waals surface area contributed by atoms with E-state index >= 15 is 0 Å². The number of methoxy groups -OCH3 is 1. The van der Waals surface area contributed by atoms with Gasteiger partial charge in [0.1, 0.15) is 0 Å². The summed E-state index contributed by atoms with van der Waals surface area (Å²) in [7, 11) is 1.39. The van der Waals surface area contributed by atoms with Crippen LogP contribution in [-0.4, -0.2) is 68.3 Å². The fourth-order valence-electron chi connectivity index (χ4n) is 4.42. The van der Waals surface area contributed by atoms with Crippen LogP contribution in [0.4, 0.5) is 13.2 Å². The van der Waals surface area contributed by atoms with Crippen molar-refractivity contribution in [2.75, 3.05) is 46.5 Å². The van der Waals surface area contributed by atoms with Gasteiger partial charge in [0.05, 0.1) is 25.9 Å². The summed E-state index contributed by atoms with van der Waals surface area (Å²) < 4.78 is 49.3. The molecule has 0 aromatic heterocycles. The monoisotopic (exact) mass is 414 g/mol. The topological polar surface area (TPSA) is 42.0 Å². The summed E-state index contributed by atoms with van der Waals surface area (Å²) in [5, 5.41) is 0. The Bertz CT molecular complexity index is 677. The Morgan fingerprint density at radius 3 is 2.69 bits per heavy atom. The van der Waals surface area contributed by atoms with E-state index in [0.29, 0.717) is 44.2 Å². The average molecular weight is 414 g/mol. The maximum Gasteiger partial charge on any atom is 0.416 e. The van der Waals surface area contributed by atoms with Crippen LogP contribution in [0.2, 0.25) is 0 Å². The summed E-state index contributed by atoms with van der Waals surface area (Å²) >= 11 is 0. The summed E-state index contributed by atoms with van der Waals surface area (Å²) in [5.74, 6) is 0.0486. The number of carbonyl (C=O) groups is 1. The molecular weight excluding hydrogens is 385 g/mol. The third-order valence-electron chi connectivity index (χ3n) is 5.90. The summed E-state index contributed by atoms with van der Waals surface area (Å²) in [5.41, 5.74) is 0.0526. The Labute approximate surface area is 169 Å². The molecule has 29 heavy (non-hydrogen) atoms. The van der Waals surface area contributed by atoms with Gasteiger partial charge < -0.3 is 9.47 Å². The number of nitrogens with zero attached hydrogens (tertiary/aromatic N) is 2. The lowest BCUT2D eigenvalue weighted by Crippen LogP contribution is -2.53. The molecule has 1 aromatic rings. The first-order valence-corrected chi connectivity index (χ1v) is 10.1. The van der Waals surface area contributed by atoms with E-state index in [1.54, 1.807) is 6.07 Å². The first-order chi connectivity index (χ1) is 13.9. The van der Waals surface area contributed by atoms with Crippen LogP contribution in [0, 0.1) is 5.92 Å². The quantitative estimate of drug-likeness (QED) is 0.669. The maximum absolute atomic E-state index is 13.0. The maximum atomic E-state index is 13.0. The van der Waals surface area contributed by atoms with Gasteiger partial charge in [0.15, 0.2) is 0 Å². The molecule has 0 saturated carbocycles. The molecule has 2 saturated heterocycles. The molecule has 3 rings (SSSR count). The van der Waals surface area contributed by atoms with Crippen molar-refractivity contribution in [2.45, 2.75) is 38.0 Å². The predicted octanol–water partition coefficient (Wildman–Crippen LogP) is 3.18. The molecule has 2 aliphatic heterocycles. The molecule has 0 bridgehead atoms. The number of ether oxygens (including phenoxy) is 2. The predicted molar refractivity (Wildman–Crippen MR) is 102 cm³/mol. The molecule has 0 N–H and O–H groups in total. The largest absolute Gasteiger partial charge is 0.469 e. The molecule has 2 fully saturated rings. The van der Waals surface area contributed by atoms with Crippen molar-refractivity contribution in [1.82, 2.24) is 9.80 Å². The number of hydrogen-bond acceptors (Lipinski definition) is 5. The van der Waals surface area contributed by atoms with E-state index in [-0.39, 0.29) is 11.9 Å². The van der Waals surface area contributed by atoms with Gasteiger partial charge in [0, 0.05) is 38.6 Å². The standard InChI is InChI=1S/C21H29F3N2O3/c1-28-20(27)6-5-17-15-25(8-7-19(17)26-9-11-29-12-10-26)14-16-3-2-4-18(13-16)21(22,23)24/h2-4,13,17,19H,5-12,14-15H2,1H3/t17-,19+/m0/s1. The summed E-state index contributed by atoms with van der Waals surface area (Å²) in [6.07, 6.45) is -2.32. The van der Waals surface area contributed by atoms with Crippen molar-refractivity contribution in [3.8, 4) is 0 Å². The van der Waals surface area contributed by atoms with Gasteiger partial charge in [-0.3, -0.25) is 14.6 Å². The molecule has 2 aliphatic rings. The molecule has 0 aliphatic carbocycles. The van der Waals surface area contributed by atoms with Crippen LogP contribution in [0.5, 0.6) is 0 Å². The highest BCUT2D eigenvalue weighted by Crippen LogP contribution is 2.31. The van der Waals surface area contributed by atoms with Crippen molar-refractivity contribution in [2.24, 2.45) is 5.92 Å². The fourth-order valence-corrected chi connectivity index (χ4v) is 4.42. The highest BCUT2D eigenvalue weighted by molar-refractivity contribution is 5.69. The number of rotatable bonds is 6. The van der Waals surface area contributed by atoms with E-state index in [1.165, 1.54) is 19.2 Å². The fraction of sp³-hybridized carbons (Fsp3) is 0.667. The van der Waals surface area contributed by atoms with Crippen molar-refractivity contribution in [3.63, 3.8) is 0 Å². The van der Waals surface area contributed by atoms with E-state index in [1.807, 2.05) is 0 Å². The smallest absolute Gasteiger partial charge is 0.416 e. The molecule has 0 spiro atoms. The summed E-state index contributed by atoms with van der Waals surface area (Å²) in [6.45, 7) is 5.26. The number of alkyl halides is 3. The highest BCUT2D eigenvalue weighted by Gasteiger charge is 2.35. The normalized spacial score (nSPS) is 24.4. The van der Waals surface area contributed by atoms with Crippen LogP contribution in [0.25, 0.3) is 0 Å². The zero-order valence-electron chi connectivity index (χ0n) is 16.8. The minimum Gasteiger partial charge on any atom is -0.469 e. The molecule has 8 heteroatoms. The number of benzene rings is 1. The second kappa shape index (κ2) is 9.91. The van der Waals surface area contributed by atoms with Gasteiger partial charge in [-0.25, -0.2) is 0 Å². The molecular formula is C21H29F3N2O3. The molecule has 0 amide bonds. The number of halogens is 3. The zero-order valence-corrected chi connectivity index (χ0v) is 16.8. The van der Waals surface area contributed by atoms with Crippen molar-refractivity contribution in [3.05, 3.63) is 35.4 Å². The highest BCUT2D eigenvalue weighted by atomic mass is 19.4. The SMILES string of the molecule is COC(=O)CC[C@H]1CN(Cc2cccc(C(F)(F)F)c2)CC[C@H]1N1CCOCC1. The van der Waals surface area contributed by atoms with Crippen LogP contribution < -0.4 is 0 Å². The van der Waals surface area contributed by atoms with Crippen LogP contribution in [-0.2, 0) is 27.0 Å². The van der Waals surface area contributed by atoms with Crippen molar-refractivity contribution < 1.29 is 27.4 Å². The number of morpholine rings is 1. The van der Waals surface area contributed by atoms with Gasteiger partial charge in [-0.1, -0.05) is 18.2 Å². The van der Waals surface area contributed by atoms with Gasteiger partial charge in [-0.2, -0.15) is 13.2 Å². The molecule has 0 radical (unpaired) electrons. The Hall–Kier alpha value is -1.64. The Morgan fingerprint density at radius 1 is 1.24 bits per heavy atom. The lowest BCUT2D eigenvalue weighted by Gasteiger charge is -2.45. The lowest BCUT2D eigenvalue weighted by atomic mass is 9.86. The van der Waals surface area contributed by atoms with Crippen LogP contribution in [0.3, 0.4) is 0 Å². The minimum absolute atomic E-state index is 0.222. The lowest BCUT2D eigenvalue weighted by molar-refractivity contribution is -0.141. The molecule has 0 unspecified atom stereocenters. The van der Waals surface area contributed by atoms with E-state index in [0.717, 1.165) is 38.7 Å². The number of esters is 1. The third kappa shape index (κ3) is 6.17. The van der Waals surface area contributed by atoms with E-state index in [2.05, 4.69) is 9.80 Å². The number of piperidine rings is 1. The van der Waals surface area contributed by atoms with E-state index < -0.39 is 11.7 Å². The second-order valence-electron chi connectivity index (χ2n) is 7.81. The Kier molecular flexibility index (Phi) is 7.54. The second-order valence-corrected chi connectivity index (χ2v) is 7.81. The Balaban J connectivity index is 1.66. The van der Waals surface area contributed by atoms with E-state index in [9.17, 15) is 18.0 Å². The van der Waals surface area contributed by atoms with Crippen LogP contribution in [0.1, 0.15) is 30.4 Å². The van der Waals surface area contributed by atoms with Gasteiger partial charge in [-0.15, -0.1) is 0 Å². The molecule has 2 heterocycles. The minimum atomic E-state index is -4.33. The Morgan fingerprint density at radius 2 is 2.00 bits per heavy atom. The first-order valence-electron chi connectivity index (χ1n) is 10.1. The number of likely N-dealkylation sites (tertiary alicyclic amines) is 1. The number of hydrogen-bond donors (Lipinski definition) is 0. The summed E-state index contributed by atoms with van der Waals surface area (Å²) in [4.78, 5) is 16.3. The van der Waals surface area contributed by atoms with Gasteiger partial charge in [-0.05, 0) is 36.9 Å². The van der Waals surface area contributed by atoms with Gasteiger partial charge in [0.2, 0.25) is 0 Å². The van der Waals surface area contributed by atoms with Gasteiger partial charge in [0.25, 0.3) is 0 Å². The van der Waals surface area contributed by atoms with Crippen LogP contribution >= 0.6 is 0 Å². The van der Waals surface area contributed by atoms with Gasteiger partial charge >= 0.3 is 12.1 Å². The van der Waals surface area contributed by atoms with E-state index in [4.69, 9.17) is 9.47 Å². The summed E-state index contributed by atoms with van der Waals surface area (Å²) in [6, 6.07) is 5.91. The zero-order chi connectivity index (χ0) is 20.9. The molecule has 1 aromatic carbocycles. The first kappa shape index (κ1) is 22.1.